The third-order valence-corrected chi connectivity index (χ3v) is 7.90. The summed E-state index contributed by atoms with van der Waals surface area (Å²) < 4.78 is 10.3. The number of carbonyl (C=O) groups is 5. The van der Waals surface area contributed by atoms with Gasteiger partial charge in [-0.25, -0.2) is 9.59 Å². The second-order valence-electron chi connectivity index (χ2n) is 12.4. The van der Waals surface area contributed by atoms with E-state index in [4.69, 9.17) is 15.2 Å². The maximum atomic E-state index is 13.2. The van der Waals surface area contributed by atoms with Crippen LogP contribution in [0.5, 0.6) is 0 Å². The number of nitrogens with two attached hydrogens (primary N) is 1. The number of esters is 1. The summed E-state index contributed by atoms with van der Waals surface area (Å²) in [6.45, 7) is 9.33. The van der Waals surface area contributed by atoms with Crippen LogP contribution in [-0.4, -0.2) is 102 Å². The number of nitrogens with one attached hydrogen (secondary N) is 2. The lowest BCUT2D eigenvalue weighted by Crippen LogP contribution is -2.46. The number of piperidine rings is 2. The van der Waals surface area contributed by atoms with Crippen molar-refractivity contribution < 1.29 is 38.6 Å². The summed E-state index contributed by atoms with van der Waals surface area (Å²) in [7, 11) is 0. The number of ether oxygens (including phenoxy) is 2. The van der Waals surface area contributed by atoms with Gasteiger partial charge in [0.1, 0.15) is 11.6 Å². The Morgan fingerprint density at radius 2 is 1.42 bits per heavy atom. The molecule has 2 heterocycles. The van der Waals surface area contributed by atoms with Crippen LogP contribution in [-0.2, 0) is 23.9 Å². The van der Waals surface area contributed by atoms with E-state index in [0.717, 1.165) is 38.5 Å². The van der Waals surface area contributed by atoms with Crippen molar-refractivity contribution in [1.29, 1.82) is 0 Å². The molecular weight excluding hydrogens is 582 g/mol. The van der Waals surface area contributed by atoms with E-state index >= 15 is 0 Å². The van der Waals surface area contributed by atoms with Gasteiger partial charge in [0, 0.05) is 38.6 Å². The zero-order valence-corrected chi connectivity index (χ0v) is 26.9. The molecule has 2 aliphatic heterocycles. The van der Waals surface area contributed by atoms with Crippen LogP contribution in [0.25, 0.3) is 0 Å². The number of hydrogen-bond acceptors (Lipinski definition) is 8. The van der Waals surface area contributed by atoms with Crippen LogP contribution >= 0.6 is 12.4 Å². The van der Waals surface area contributed by atoms with Crippen molar-refractivity contribution in [1.82, 2.24) is 20.4 Å². The van der Waals surface area contributed by atoms with Crippen LogP contribution < -0.4 is 16.4 Å². The second-order valence-corrected chi connectivity index (χ2v) is 12.4. The van der Waals surface area contributed by atoms with Crippen molar-refractivity contribution in [3.8, 4) is 0 Å². The lowest BCUT2D eigenvalue weighted by atomic mass is 9.84. The van der Waals surface area contributed by atoms with Gasteiger partial charge in [0.25, 0.3) is 0 Å². The van der Waals surface area contributed by atoms with E-state index in [0.29, 0.717) is 50.9 Å². The van der Waals surface area contributed by atoms with Crippen LogP contribution in [0.4, 0.5) is 9.59 Å². The van der Waals surface area contributed by atoms with Gasteiger partial charge in [-0.05, 0) is 90.9 Å². The summed E-state index contributed by atoms with van der Waals surface area (Å²) in [6.07, 6.45) is 4.97. The van der Waals surface area contributed by atoms with Crippen molar-refractivity contribution in [3.05, 3.63) is 0 Å². The maximum Gasteiger partial charge on any atom is 0.410 e. The molecular formula is C29H52ClN5O8. The van der Waals surface area contributed by atoms with Crippen LogP contribution in [0.3, 0.4) is 0 Å². The van der Waals surface area contributed by atoms with Gasteiger partial charge < -0.3 is 40.7 Å². The Kier molecular flexibility index (Phi) is 16.7. The topological polar surface area (TPSA) is 181 Å². The fourth-order valence-electron chi connectivity index (χ4n) is 5.35. The molecule has 0 spiro atoms. The molecule has 0 radical (unpaired) electrons. The van der Waals surface area contributed by atoms with Crippen LogP contribution in [0.2, 0.25) is 0 Å². The minimum absolute atomic E-state index is 0. The summed E-state index contributed by atoms with van der Waals surface area (Å²) in [5.74, 6) is -0.813. The zero-order valence-electron chi connectivity index (χ0n) is 26.1. The quantitative estimate of drug-likeness (QED) is 0.222. The molecule has 43 heavy (non-hydrogen) atoms. The Hall–Kier alpha value is -2.80. The highest BCUT2D eigenvalue weighted by molar-refractivity contribution is 5.86. The van der Waals surface area contributed by atoms with Gasteiger partial charge in [-0.2, -0.15) is 0 Å². The molecule has 13 nitrogen and oxygen atoms in total. The van der Waals surface area contributed by atoms with Crippen LogP contribution in [0.1, 0.15) is 79.1 Å². The van der Waals surface area contributed by atoms with E-state index in [2.05, 4.69) is 10.6 Å². The Bertz CT molecular complexity index is 915. The first kappa shape index (κ1) is 38.2. The summed E-state index contributed by atoms with van der Waals surface area (Å²) >= 11 is 0. The molecule has 2 rings (SSSR count). The average molecular weight is 634 g/mol. The third kappa shape index (κ3) is 14.5. The number of nitrogens with zero attached hydrogens (tertiary/aromatic N) is 2. The number of likely N-dealkylation sites (tertiary alicyclic amines) is 2. The molecule has 0 bridgehead atoms. The van der Waals surface area contributed by atoms with Gasteiger partial charge in [-0.15, -0.1) is 12.4 Å². The minimum Gasteiger partial charge on any atom is -0.465 e. The van der Waals surface area contributed by atoms with Crippen LogP contribution in [0.15, 0.2) is 0 Å². The van der Waals surface area contributed by atoms with E-state index in [-0.39, 0.29) is 50.0 Å². The maximum absolute atomic E-state index is 13.2. The SMILES string of the molecule is CCOC(=O)[C@@H](N)CNC(=O)CNC(=O)C(CCC1CCN(C(=O)O)CC1)CCC1CCN(C(=O)OC(C)(C)C)CC1.Cl. The molecule has 2 aliphatic rings. The Balaban J connectivity index is 0.00000924. The summed E-state index contributed by atoms with van der Waals surface area (Å²) in [5.41, 5.74) is 5.17. The zero-order chi connectivity index (χ0) is 31.3. The number of rotatable bonds is 13. The Morgan fingerprint density at radius 3 is 1.88 bits per heavy atom. The number of halogens is 1. The molecule has 14 heteroatoms. The summed E-state index contributed by atoms with van der Waals surface area (Å²) in [6, 6.07) is -0.980. The molecule has 2 fully saturated rings. The predicted octanol–water partition coefficient (Wildman–Crippen LogP) is 2.74. The summed E-state index contributed by atoms with van der Waals surface area (Å²) in [4.78, 5) is 63.9. The number of amides is 4. The van der Waals surface area contributed by atoms with Gasteiger partial charge in [0.15, 0.2) is 0 Å². The smallest absolute Gasteiger partial charge is 0.410 e. The molecule has 0 saturated carbocycles. The first-order valence-corrected chi connectivity index (χ1v) is 15.2. The third-order valence-electron chi connectivity index (χ3n) is 7.90. The number of hydrogen-bond donors (Lipinski definition) is 4. The van der Waals surface area contributed by atoms with Gasteiger partial charge in [0.2, 0.25) is 11.8 Å². The molecule has 0 aromatic carbocycles. The van der Waals surface area contributed by atoms with Crippen molar-refractivity contribution in [2.24, 2.45) is 23.5 Å². The van der Waals surface area contributed by atoms with Crippen molar-refractivity contribution in [3.63, 3.8) is 0 Å². The molecule has 2 atom stereocenters. The van der Waals surface area contributed by atoms with Crippen LogP contribution in [0, 0.1) is 17.8 Å². The van der Waals surface area contributed by atoms with Crippen molar-refractivity contribution in [2.45, 2.75) is 90.7 Å². The first-order valence-electron chi connectivity index (χ1n) is 15.2. The Labute approximate surface area is 261 Å². The average Bonchev–Trinajstić information content (AvgIpc) is 2.94. The number of carboxylic acid groups (broad SMARTS) is 1. The lowest BCUT2D eigenvalue weighted by Gasteiger charge is -2.34. The predicted molar refractivity (Wildman–Crippen MR) is 163 cm³/mol. The van der Waals surface area contributed by atoms with E-state index in [9.17, 15) is 29.1 Å². The highest BCUT2D eigenvalue weighted by Crippen LogP contribution is 2.29. The molecule has 2 saturated heterocycles. The molecule has 0 aromatic rings. The second kappa shape index (κ2) is 18.8. The minimum atomic E-state index is -0.980. The molecule has 0 aliphatic carbocycles. The van der Waals surface area contributed by atoms with Crippen molar-refractivity contribution >= 4 is 42.4 Å². The standard InChI is InChI=1S/C29H51N5O8.ClH/c1-5-41-26(37)23(30)18-31-24(35)19-32-25(36)22(8-6-20-10-14-33(15-11-20)27(38)39)9-7-21-12-16-34(17-13-21)28(40)42-29(2,3)4;/h20-23H,5-19,30H2,1-4H3,(H,31,35)(H,32,36)(H,38,39);1H/t22?,23-;/m0./s1. The monoisotopic (exact) mass is 633 g/mol. The molecule has 4 amide bonds. The first-order chi connectivity index (χ1) is 19.8. The fraction of sp³-hybridized carbons (Fsp3) is 0.828. The van der Waals surface area contributed by atoms with Gasteiger partial charge in [-0.3, -0.25) is 14.4 Å². The Morgan fingerprint density at radius 1 is 0.907 bits per heavy atom. The lowest BCUT2D eigenvalue weighted by molar-refractivity contribution is -0.144. The molecule has 1 unspecified atom stereocenters. The van der Waals surface area contributed by atoms with E-state index in [1.54, 1.807) is 11.8 Å². The molecule has 5 N–H and O–H groups in total. The van der Waals surface area contributed by atoms with E-state index < -0.39 is 29.6 Å². The fourth-order valence-corrected chi connectivity index (χ4v) is 5.35. The number of carbonyl (C=O) groups excluding carboxylic acids is 4. The van der Waals surface area contributed by atoms with E-state index in [1.165, 1.54) is 4.90 Å². The van der Waals surface area contributed by atoms with Gasteiger partial charge in [0.05, 0.1) is 13.2 Å². The highest BCUT2D eigenvalue weighted by atomic mass is 35.5. The van der Waals surface area contributed by atoms with E-state index in [1.807, 2.05) is 20.8 Å². The molecule has 248 valence electrons. The largest absolute Gasteiger partial charge is 0.465 e. The summed E-state index contributed by atoms with van der Waals surface area (Å²) in [5, 5.41) is 14.5. The van der Waals surface area contributed by atoms with Crippen molar-refractivity contribution in [2.75, 3.05) is 45.9 Å². The van der Waals surface area contributed by atoms with Gasteiger partial charge in [-0.1, -0.05) is 0 Å². The highest BCUT2D eigenvalue weighted by Gasteiger charge is 2.29. The molecule has 0 aromatic heterocycles. The normalized spacial score (nSPS) is 17.7. The van der Waals surface area contributed by atoms with Gasteiger partial charge >= 0.3 is 18.2 Å².